The molecule has 0 saturated heterocycles. The molecule has 0 radical (unpaired) electrons. The lowest BCUT2D eigenvalue weighted by Crippen LogP contribution is -2.39. The third-order valence-corrected chi connectivity index (χ3v) is 2.18. The van der Waals surface area contributed by atoms with Gasteiger partial charge in [-0.05, 0) is 13.8 Å². The Hall–Kier alpha value is -0.450. The van der Waals surface area contributed by atoms with Crippen LogP contribution in [0.15, 0.2) is 4.99 Å². The van der Waals surface area contributed by atoms with Gasteiger partial charge in [-0.2, -0.15) is 0 Å². The van der Waals surface area contributed by atoms with Crippen molar-refractivity contribution in [2.75, 3.05) is 14.2 Å². The molecule has 0 amide bonds. The van der Waals surface area contributed by atoms with Crippen molar-refractivity contribution < 1.29 is 14.2 Å². The van der Waals surface area contributed by atoms with Crippen LogP contribution in [0, 0.1) is 0 Å². The fraction of sp³-hybridized carbons (Fsp3) is 0.875. The Morgan fingerprint density at radius 3 is 2.08 bits per heavy atom. The first-order valence-corrected chi connectivity index (χ1v) is 3.83. The maximum atomic E-state index is 5.50. The number of ether oxygens (including phenoxy) is 3. The number of nitrogens with zero attached hydrogens (tertiary/aromatic N) is 1. The molecular weight excluding hydrogens is 158 g/mol. The van der Waals surface area contributed by atoms with Crippen molar-refractivity contribution in [3.05, 3.63) is 0 Å². The number of hydrogen-bond donors (Lipinski definition) is 0. The van der Waals surface area contributed by atoms with E-state index in [1.165, 1.54) is 0 Å². The van der Waals surface area contributed by atoms with Crippen LogP contribution < -0.4 is 0 Å². The van der Waals surface area contributed by atoms with E-state index < -0.39 is 11.7 Å². The third kappa shape index (κ3) is 1.37. The topological polar surface area (TPSA) is 40.0 Å². The van der Waals surface area contributed by atoms with Gasteiger partial charge < -0.3 is 9.47 Å². The van der Waals surface area contributed by atoms with Crippen molar-refractivity contribution in [3.8, 4) is 0 Å². The summed E-state index contributed by atoms with van der Waals surface area (Å²) in [5.41, 5.74) is 0.786. The Labute approximate surface area is 72.5 Å². The van der Waals surface area contributed by atoms with E-state index in [9.17, 15) is 0 Å². The van der Waals surface area contributed by atoms with E-state index in [-0.39, 0.29) is 0 Å². The van der Waals surface area contributed by atoms with E-state index in [1.54, 1.807) is 21.1 Å². The summed E-state index contributed by atoms with van der Waals surface area (Å²) in [5, 5.41) is 0. The summed E-state index contributed by atoms with van der Waals surface area (Å²) in [6.07, 6.45) is 0. The minimum absolute atomic E-state index is 0.745. The normalized spacial score (nSPS) is 41.6. The zero-order valence-electron chi connectivity index (χ0n) is 8.17. The van der Waals surface area contributed by atoms with Crippen LogP contribution in [0.4, 0.5) is 0 Å². The second-order valence-electron chi connectivity index (χ2n) is 3.05. The van der Waals surface area contributed by atoms with E-state index in [2.05, 4.69) is 4.99 Å². The van der Waals surface area contributed by atoms with Crippen LogP contribution in [0.3, 0.4) is 0 Å². The van der Waals surface area contributed by atoms with Crippen LogP contribution in [0.25, 0.3) is 0 Å². The molecule has 12 heavy (non-hydrogen) atoms. The first-order chi connectivity index (χ1) is 5.46. The molecule has 0 aromatic rings. The number of hydrogen-bond acceptors (Lipinski definition) is 4. The largest absolute Gasteiger partial charge is 0.348 e. The van der Waals surface area contributed by atoms with Crippen LogP contribution in [0.2, 0.25) is 0 Å². The monoisotopic (exact) mass is 173 g/mol. The molecule has 70 valence electrons. The minimum atomic E-state index is -0.894. The summed E-state index contributed by atoms with van der Waals surface area (Å²) in [5.74, 6) is -1.64. The van der Waals surface area contributed by atoms with Crippen molar-refractivity contribution in [3.63, 3.8) is 0 Å². The van der Waals surface area contributed by atoms with E-state index in [0.29, 0.717) is 0 Å². The second kappa shape index (κ2) is 2.80. The molecule has 0 saturated carbocycles. The molecule has 1 aliphatic rings. The molecule has 2 atom stereocenters. The smallest absolute Gasteiger partial charge is 0.268 e. The Morgan fingerprint density at radius 2 is 1.83 bits per heavy atom. The van der Waals surface area contributed by atoms with Gasteiger partial charge in [0.15, 0.2) is 0 Å². The van der Waals surface area contributed by atoms with Gasteiger partial charge in [0.05, 0.1) is 5.71 Å². The van der Waals surface area contributed by atoms with Crippen LogP contribution in [0.5, 0.6) is 0 Å². The average Bonchev–Trinajstić information content (AvgIpc) is 2.25. The molecule has 0 aromatic heterocycles. The molecule has 1 aliphatic heterocycles. The molecule has 0 aliphatic carbocycles. The number of aliphatic imine (C=N–C) groups is 1. The molecule has 4 nitrogen and oxygen atoms in total. The number of rotatable bonds is 2. The molecule has 1 rings (SSSR count). The van der Waals surface area contributed by atoms with Gasteiger partial charge in [0.1, 0.15) is 0 Å². The van der Waals surface area contributed by atoms with E-state index in [0.717, 1.165) is 5.71 Å². The van der Waals surface area contributed by atoms with Gasteiger partial charge in [-0.3, -0.25) is 4.74 Å². The standard InChI is InChI=1S/C8H15NO3/c1-6-7(2,10-4)12-8(3,9-6)11-5/h1-5H3/t7-,8-/m0/s1. The highest BCUT2D eigenvalue weighted by Crippen LogP contribution is 2.32. The fourth-order valence-electron chi connectivity index (χ4n) is 1.14. The van der Waals surface area contributed by atoms with Gasteiger partial charge in [-0.25, -0.2) is 4.99 Å². The first kappa shape index (κ1) is 9.64. The van der Waals surface area contributed by atoms with Crippen LogP contribution in [0.1, 0.15) is 20.8 Å². The van der Waals surface area contributed by atoms with Crippen molar-refractivity contribution >= 4 is 5.71 Å². The van der Waals surface area contributed by atoms with Crippen molar-refractivity contribution in [1.82, 2.24) is 0 Å². The van der Waals surface area contributed by atoms with Gasteiger partial charge in [-0.15, -0.1) is 0 Å². The van der Waals surface area contributed by atoms with Gasteiger partial charge >= 0.3 is 0 Å². The maximum absolute atomic E-state index is 5.50. The summed E-state index contributed by atoms with van der Waals surface area (Å²) >= 11 is 0. The maximum Gasteiger partial charge on any atom is 0.268 e. The molecule has 1 heterocycles. The quantitative estimate of drug-likeness (QED) is 0.629. The van der Waals surface area contributed by atoms with Crippen LogP contribution in [-0.4, -0.2) is 31.6 Å². The molecule has 0 spiro atoms. The average molecular weight is 173 g/mol. The molecule has 0 unspecified atom stereocenters. The lowest BCUT2D eigenvalue weighted by molar-refractivity contribution is -0.287. The summed E-state index contributed by atoms with van der Waals surface area (Å²) in [7, 11) is 3.14. The van der Waals surface area contributed by atoms with Gasteiger partial charge in [0.25, 0.3) is 5.91 Å². The predicted octanol–water partition coefficient (Wildman–Crippen LogP) is 1.16. The van der Waals surface area contributed by atoms with Gasteiger partial charge in [0, 0.05) is 21.1 Å². The highest BCUT2D eigenvalue weighted by molar-refractivity contribution is 5.90. The third-order valence-electron chi connectivity index (χ3n) is 2.18. The highest BCUT2D eigenvalue weighted by atomic mass is 16.8. The Bertz CT molecular complexity index is 216. The van der Waals surface area contributed by atoms with Crippen molar-refractivity contribution in [2.24, 2.45) is 4.99 Å². The minimum Gasteiger partial charge on any atom is -0.348 e. The van der Waals surface area contributed by atoms with E-state index in [1.807, 2.05) is 13.8 Å². The molecule has 4 heteroatoms. The fourth-order valence-corrected chi connectivity index (χ4v) is 1.14. The first-order valence-electron chi connectivity index (χ1n) is 3.83. The second-order valence-corrected chi connectivity index (χ2v) is 3.05. The van der Waals surface area contributed by atoms with E-state index >= 15 is 0 Å². The SMILES string of the molecule is CO[C@]1(C)N=C(C)[C@@](C)(OC)O1. The Balaban J connectivity index is 2.87. The number of methoxy groups -OCH3 is 2. The zero-order valence-corrected chi connectivity index (χ0v) is 8.17. The zero-order chi connectivity index (χ0) is 9.41. The summed E-state index contributed by atoms with van der Waals surface area (Å²) in [4.78, 5) is 4.21. The van der Waals surface area contributed by atoms with Crippen LogP contribution in [-0.2, 0) is 14.2 Å². The highest BCUT2D eigenvalue weighted by Gasteiger charge is 2.45. The van der Waals surface area contributed by atoms with E-state index in [4.69, 9.17) is 14.2 Å². The van der Waals surface area contributed by atoms with Crippen molar-refractivity contribution in [1.29, 1.82) is 0 Å². The predicted molar refractivity (Wildman–Crippen MR) is 45.0 cm³/mol. The summed E-state index contributed by atoms with van der Waals surface area (Å²) in [6, 6.07) is 0. The molecule has 0 fully saturated rings. The van der Waals surface area contributed by atoms with Gasteiger partial charge in [-0.1, -0.05) is 0 Å². The summed E-state index contributed by atoms with van der Waals surface area (Å²) < 4.78 is 15.8. The lowest BCUT2D eigenvalue weighted by atomic mass is 10.2. The lowest BCUT2D eigenvalue weighted by Gasteiger charge is -2.26. The summed E-state index contributed by atoms with van der Waals surface area (Å²) in [6.45, 7) is 5.42. The molecular formula is C8H15NO3. The van der Waals surface area contributed by atoms with Gasteiger partial charge in [0.2, 0.25) is 5.79 Å². The van der Waals surface area contributed by atoms with Crippen LogP contribution >= 0.6 is 0 Å². The Kier molecular flexibility index (Phi) is 2.25. The van der Waals surface area contributed by atoms with Crippen molar-refractivity contribution in [2.45, 2.75) is 32.5 Å². The molecule has 0 aromatic carbocycles. The molecule has 0 bridgehead atoms. The molecule has 0 N–H and O–H groups in total. The Morgan fingerprint density at radius 1 is 1.25 bits per heavy atom.